The summed E-state index contributed by atoms with van der Waals surface area (Å²) < 4.78 is 35.2. The standard InChI is InChI=1S/C10H10ClFO2S/c11-15(13,14)9-3-1-8(2-4-9)7-10(12)5-6-10/h1-4H,5-7H2. The number of benzene rings is 1. The average Bonchev–Trinajstić information content (AvgIpc) is 2.82. The van der Waals surface area contributed by atoms with Gasteiger partial charge < -0.3 is 0 Å². The van der Waals surface area contributed by atoms with Gasteiger partial charge in [-0.3, -0.25) is 0 Å². The molecule has 1 saturated carbocycles. The minimum absolute atomic E-state index is 0.0524. The van der Waals surface area contributed by atoms with E-state index >= 15 is 0 Å². The highest BCUT2D eigenvalue weighted by molar-refractivity contribution is 8.13. The van der Waals surface area contributed by atoms with Crippen molar-refractivity contribution in [1.29, 1.82) is 0 Å². The predicted octanol–water partition coefficient (Wildman–Crippen LogP) is 2.66. The minimum atomic E-state index is -3.67. The van der Waals surface area contributed by atoms with Gasteiger partial charge in [0.15, 0.2) is 0 Å². The fourth-order valence-electron chi connectivity index (χ4n) is 1.45. The molecule has 5 heteroatoms. The lowest BCUT2D eigenvalue weighted by atomic mass is 10.1. The Bertz CT molecular complexity index is 463. The van der Waals surface area contributed by atoms with Crippen LogP contribution < -0.4 is 0 Å². The van der Waals surface area contributed by atoms with Gasteiger partial charge in [-0.2, -0.15) is 0 Å². The highest BCUT2D eigenvalue weighted by Gasteiger charge is 2.42. The molecule has 0 radical (unpaired) electrons. The number of hydrogen-bond donors (Lipinski definition) is 0. The summed E-state index contributed by atoms with van der Waals surface area (Å²) in [5.74, 6) is 0. The highest BCUT2D eigenvalue weighted by Crippen LogP contribution is 2.42. The van der Waals surface area contributed by atoms with Crippen molar-refractivity contribution >= 4 is 19.7 Å². The maximum atomic E-state index is 13.4. The number of rotatable bonds is 3. The molecule has 15 heavy (non-hydrogen) atoms. The van der Waals surface area contributed by atoms with E-state index in [0.717, 1.165) is 5.56 Å². The lowest BCUT2D eigenvalue weighted by Gasteiger charge is -2.05. The summed E-state index contributed by atoms with van der Waals surface area (Å²) in [6.07, 6.45) is 1.56. The van der Waals surface area contributed by atoms with Gasteiger partial charge in [0.05, 0.1) is 4.90 Å². The molecule has 0 unspecified atom stereocenters. The van der Waals surface area contributed by atoms with Crippen molar-refractivity contribution in [2.75, 3.05) is 0 Å². The second kappa shape index (κ2) is 3.46. The van der Waals surface area contributed by atoms with Crippen molar-refractivity contribution < 1.29 is 12.8 Å². The van der Waals surface area contributed by atoms with E-state index in [4.69, 9.17) is 10.7 Å². The molecule has 0 bridgehead atoms. The Kier molecular flexibility index (Phi) is 2.51. The summed E-state index contributed by atoms with van der Waals surface area (Å²) in [6.45, 7) is 0. The molecule has 1 aliphatic rings. The number of alkyl halides is 1. The van der Waals surface area contributed by atoms with E-state index in [2.05, 4.69) is 0 Å². The van der Waals surface area contributed by atoms with Crippen molar-refractivity contribution in [2.45, 2.75) is 29.8 Å². The Morgan fingerprint density at radius 1 is 1.27 bits per heavy atom. The van der Waals surface area contributed by atoms with Crippen LogP contribution in [0.1, 0.15) is 18.4 Å². The van der Waals surface area contributed by atoms with Crippen molar-refractivity contribution in [3.8, 4) is 0 Å². The summed E-state index contributed by atoms with van der Waals surface area (Å²) in [5.41, 5.74) is -0.250. The quantitative estimate of drug-likeness (QED) is 0.771. The van der Waals surface area contributed by atoms with Crippen molar-refractivity contribution in [3.05, 3.63) is 29.8 Å². The fourth-order valence-corrected chi connectivity index (χ4v) is 2.22. The predicted molar refractivity (Wildman–Crippen MR) is 56.3 cm³/mol. The van der Waals surface area contributed by atoms with E-state index in [-0.39, 0.29) is 4.90 Å². The van der Waals surface area contributed by atoms with Crippen LogP contribution >= 0.6 is 10.7 Å². The number of hydrogen-bond acceptors (Lipinski definition) is 2. The molecule has 0 N–H and O–H groups in total. The van der Waals surface area contributed by atoms with Gasteiger partial charge in [0, 0.05) is 17.1 Å². The van der Waals surface area contributed by atoms with Gasteiger partial charge in [-0.15, -0.1) is 0 Å². The Balaban J connectivity index is 2.17. The van der Waals surface area contributed by atoms with Gasteiger partial charge in [-0.25, -0.2) is 12.8 Å². The molecule has 82 valence electrons. The van der Waals surface area contributed by atoms with Gasteiger partial charge in [0.1, 0.15) is 5.67 Å². The molecule has 0 aromatic heterocycles. The van der Waals surface area contributed by atoms with Crippen molar-refractivity contribution in [3.63, 3.8) is 0 Å². The van der Waals surface area contributed by atoms with Crippen LogP contribution in [0.2, 0.25) is 0 Å². The molecule has 0 atom stereocenters. The van der Waals surface area contributed by atoms with E-state index in [0.29, 0.717) is 19.3 Å². The van der Waals surface area contributed by atoms with Gasteiger partial charge in [-0.1, -0.05) is 12.1 Å². The van der Waals surface area contributed by atoms with E-state index in [1.165, 1.54) is 12.1 Å². The van der Waals surface area contributed by atoms with Gasteiger partial charge in [0.25, 0.3) is 9.05 Å². The molecule has 1 aliphatic carbocycles. The molecule has 1 aromatic carbocycles. The van der Waals surface area contributed by atoms with Crippen LogP contribution in [0.5, 0.6) is 0 Å². The molecule has 0 amide bonds. The zero-order valence-electron chi connectivity index (χ0n) is 7.91. The highest BCUT2D eigenvalue weighted by atomic mass is 35.7. The first-order valence-electron chi connectivity index (χ1n) is 4.62. The van der Waals surface area contributed by atoms with Crippen LogP contribution in [0, 0.1) is 0 Å². The van der Waals surface area contributed by atoms with Crippen LogP contribution in [-0.4, -0.2) is 14.1 Å². The third kappa shape index (κ3) is 2.69. The molecule has 1 aromatic rings. The zero-order valence-corrected chi connectivity index (χ0v) is 9.48. The van der Waals surface area contributed by atoms with Crippen LogP contribution in [0.4, 0.5) is 4.39 Å². The Morgan fingerprint density at radius 2 is 1.80 bits per heavy atom. The topological polar surface area (TPSA) is 34.1 Å². The van der Waals surface area contributed by atoms with Gasteiger partial charge in [0.2, 0.25) is 0 Å². The van der Waals surface area contributed by atoms with E-state index in [1.807, 2.05) is 0 Å². The van der Waals surface area contributed by atoms with Crippen LogP contribution in [0.15, 0.2) is 29.2 Å². The first kappa shape index (κ1) is 10.9. The lowest BCUT2D eigenvalue weighted by molar-refractivity contribution is 0.308. The maximum absolute atomic E-state index is 13.4. The zero-order chi connectivity index (χ0) is 11.1. The third-order valence-corrected chi connectivity index (χ3v) is 3.89. The molecule has 0 saturated heterocycles. The summed E-state index contributed by atoms with van der Waals surface area (Å²) >= 11 is 0. The molecule has 2 nitrogen and oxygen atoms in total. The fraction of sp³-hybridized carbons (Fsp3) is 0.400. The first-order valence-corrected chi connectivity index (χ1v) is 6.93. The van der Waals surface area contributed by atoms with Crippen LogP contribution in [0.3, 0.4) is 0 Å². The van der Waals surface area contributed by atoms with Crippen molar-refractivity contribution in [2.24, 2.45) is 0 Å². The summed E-state index contributed by atoms with van der Waals surface area (Å²) in [6, 6.07) is 6.02. The number of halogens is 2. The monoisotopic (exact) mass is 248 g/mol. The van der Waals surface area contributed by atoms with Crippen LogP contribution in [0.25, 0.3) is 0 Å². The van der Waals surface area contributed by atoms with Gasteiger partial charge >= 0.3 is 0 Å². The van der Waals surface area contributed by atoms with Crippen LogP contribution in [-0.2, 0) is 15.5 Å². The summed E-state index contributed by atoms with van der Waals surface area (Å²) in [5, 5.41) is 0. The molecule has 0 heterocycles. The molecular formula is C10H10ClFO2S. The largest absolute Gasteiger partial charge is 0.261 e. The Labute approximate surface area is 92.5 Å². The molecule has 0 aliphatic heterocycles. The SMILES string of the molecule is O=S(=O)(Cl)c1ccc(CC2(F)CC2)cc1. The molecule has 1 fully saturated rings. The average molecular weight is 249 g/mol. The minimum Gasteiger partial charge on any atom is -0.244 e. The van der Waals surface area contributed by atoms with Gasteiger partial charge in [-0.05, 0) is 30.5 Å². The van der Waals surface area contributed by atoms with E-state index < -0.39 is 14.7 Å². The van der Waals surface area contributed by atoms with E-state index in [9.17, 15) is 12.8 Å². The summed E-state index contributed by atoms with van der Waals surface area (Å²) in [4.78, 5) is 0.0524. The molecular weight excluding hydrogens is 239 g/mol. The molecule has 0 spiro atoms. The van der Waals surface area contributed by atoms with E-state index in [1.54, 1.807) is 12.1 Å². The maximum Gasteiger partial charge on any atom is 0.261 e. The Morgan fingerprint density at radius 3 is 2.20 bits per heavy atom. The first-order chi connectivity index (χ1) is 6.89. The second-order valence-corrected chi connectivity index (χ2v) is 6.48. The lowest BCUT2D eigenvalue weighted by Crippen LogP contribution is -2.04. The third-order valence-electron chi connectivity index (χ3n) is 2.52. The summed E-state index contributed by atoms with van der Waals surface area (Å²) in [7, 11) is 1.49. The second-order valence-electron chi connectivity index (χ2n) is 3.91. The Hall–Kier alpha value is -0.610. The molecule has 2 rings (SSSR count). The van der Waals surface area contributed by atoms with Crippen molar-refractivity contribution in [1.82, 2.24) is 0 Å². The normalized spacial score (nSPS) is 18.8. The smallest absolute Gasteiger partial charge is 0.244 e.